The van der Waals surface area contributed by atoms with E-state index in [9.17, 15) is 5.11 Å². The zero-order valence-corrected chi connectivity index (χ0v) is 20.8. The first kappa shape index (κ1) is 24.6. The molecule has 0 spiro atoms. The molecule has 5 rings (SSSR count). The van der Waals surface area contributed by atoms with E-state index < -0.39 is 6.29 Å². The summed E-state index contributed by atoms with van der Waals surface area (Å²) >= 11 is 1.56. The van der Waals surface area contributed by atoms with Crippen LogP contribution in [0.15, 0.2) is 84.0 Å². The van der Waals surface area contributed by atoms with Crippen LogP contribution in [-0.4, -0.2) is 37.2 Å². The monoisotopic (exact) mass is 503 g/mol. The van der Waals surface area contributed by atoms with E-state index in [1.54, 1.807) is 16.4 Å². The van der Waals surface area contributed by atoms with E-state index in [1.165, 1.54) is 0 Å². The molecule has 3 N–H and O–H groups in total. The molecular weight excluding hydrogens is 474 g/mol. The zero-order chi connectivity index (χ0) is 24.9. The van der Waals surface area contributed by atoms with Crippen molar-refractivity contribution in [2.75, 3.05) is 5.75 Å². The van der Waals surface area contributed by atoms with Gasteiger partial charge in [0.25, 0.3) is 0 Å². The van der Waals surface area contributed by atoms with Crippen molar-refractivity contribution in [3.05, 3.63) is 107 Å². The summed E-state index contributed by atoms with van der Waals surface area (Å²) in [5.41, 5.74) is 10.8. The van der Waals surface area contributed by atoms with Crippen LogP contribution in [0.25, 0.3) is 0 Å². The van der Waals surface area contributed by atoms with Crippen LogP contribution >= 0.6 is 11.8 Å². The fourth-order valence-electron chi connectivity index (χ4n) is 4.46. The lowest BCUT2D eigenvalue weighted by atomic mass is 9.84. The van der Waals surface area contributed by atoms with Gasteiger partial charge in [-0.15, -0.1) is 5.10 Å². The summed E-state index contributed by atoms with van der Waals surface area (Å²) in [6.07, 6.45) is -1.01. The lowest BCUT2D eigenvalue weighted by Gasteiger charge is -2.43. The number of ether oxygens (including phenoxy) is 2. The maximum Gasteiger partial charge on any atom is 0.209 e. The van der Waals surface area contributed by atoms with Gasteiger partial charge in [-0.3, -0.25) is 0 Å². The van der Waals surface area contributed by atoms with Gasteiger partial charge in [-0.05, 0) is 32.7 Å². The van der Waals surface area contributed by atoms with Crippen molar-refractivity contribution in [2.45, 2.75) is 42.7 Å². The van der Waals surface area contributed by atoms with E-state index in [4.69, 9.17) is 15.2 Å². The molecule has 9 heteroatoms. The molecule has 8 nitrogen and oxygen atoms in total. The van der Waals surface area contributed by atoms with Gasteiger partial charge in [-0.25, -0.2) is 4.68 Å². The minimum atomic E-state index is -0.553. The zero-order valence-electron chi connectivity index (χ0n) is 20.0. The highest BCUT2D eigenvalue weighted by molar-refractivity contribution is 7.99. The normalized spacial score (nSPS) is 22.0. The average molecular weight is 504 g/mol. The van der Waals surface area contributed by atoms with Crippen LogP contribution < -0.4 is 5.73 Å². The molecular formula is C27H29N5O3S. The molecule has 0 aliphatic carbocycles. The summed E-state index contributed by atoms with van der Waals surface area (Å²) in [6.45, 7) is 0.478. The maximum absolute atomic E-state index is 9.55. The molecule has 3 aromatic carbocycles. The molecule has 186 valence electrons. The maximum atomic E-state index is 9.55. The first-order chi connectivity index (χ1) is 17.7. The molecule has 0 bridgehead atoms. The second-order valence-electron chi connectivity index (χ2n) is 8.74. The van der Waals surface area contributed by atoms with Gasteiger partial charge in [-0.1, -0.05) is 90.6 Å². The van der Waals surface area contributed by atoms with Crippen LogP contribution in [0.3, 0.4) is 0 Å². The number of hydrogen-bond acceptors (Lipinski definition) is 8. The Morgan fingerprint density at radius 2 is 1.58 bits per heavy atom. The molecule has 1 saturated heterocycles. The Bertz CT molecular complexity index is 1250. The molecule has 1 fully saturated rings. The topological polar surface area (TPSA) is 108 Å². The second-order valence-corrected chi connectivity index (χ2v) is 9.73. The molecule has 1 aromatic heterocycles. The van der Waals surface area contributed by atoms with E-state index in [0.29, 0.717) is 12.3 Å². The Hall–Kier alpha value is -3.08. The number of aryl methyl sites for hydroxylation is 1. The Morgan fingerprint density at radius 3 is 2.22 bits per heavy atom. The first-order valence-electron chi connectivity index (χ1n) is 11.9. The Morgan fingerprint density at radius 1 is 0.889 bits per heavy atom. The van der Waals surface area contributed by atoms with E-state index in [2.05, 4.69) is 27.7 Å². The highest BCUT2D eigenvalue weighted by Gasteiger charge is 2.42. The van der Waals surface area contributed by atoms with Crippen molar-refractivity contribution in [1.29, 1.82) is 0 Å². The van der Waals surface area contributed by atoms with Crippen LogP contribution in [0.5, 0.6) is 0 Å². The largest absolute Gasteiger partial charge is 0.392 e. The Labute approximate surface area is 214 Å². The van der Waals surface area contributed by atoms with Crippen LogP contribution in [0.1, 0.15) is 46.1 Å². The number of aromatic nitrogens is 4. The van der Waals surface area contributed by atoms with Crippen molar-refractivity contribution in [2.24, 2.45) is 12.8 Å². The van der Waals surface area contributed by atoms with E-state index in [0.717, 1.165) is 33.0 Å². The van der Waals surface area contributed by atoms with Crippen LogP contribution in [0.2, 0.25) is 0 Å². The standard InChI is InChI=1S/C27H29N5O3S/c1-32-27(29-30-31-32)36-17-23-24(20-5-3-2-4-6-20)25(21-11-9-19(16-33)10-12-21)35-26(34-23)22-13-7-18(15-28)8-14-22/h2-14,23-26,33H,15-17,28H2,1H3/t23?,24-,25?,26?/m1/s1. The molecule has 1 aliphatic rings. The van der Waals surface area contributed by atoms with Gasteiger partial charge in [0.15, 0.2) is 6.29 Å². The smallest absolute Gasteiger partial charge is 0.209 e. The third kappa shape index (κ3) is 5.35. The van der Waals surface area contributed by atoms with Gasteiger partial charge in [0.1, 0.15) is 0 Å². The summed E-state index contributed by atoms with van der Waals surface area (Å²) in [7, 11) is 1.83. The lowest BCUT2D eigenvalue weighted by molar-refractivity contribution is -0.255. The van der Waals surface area contributed by atoms with Gasteiger partial charge in [0.2, 0.25) is 5.16 Å². The molecule has 2 heterocycles. The number of nitrogens with zero attached hydrogens (tertiary/aromatic N) is 4. The quantitative estimate of drug-likeness (QED) is 0.349. The SMILES string of the molecule is Cn1nnnc1SCC1OC(c2ccc(CN)cc2)OC(c2ccc(CO)cc2)[C@@H]1c1ccccc1. The Balaban J connectivity index is 1.53. The highest BCUT2D eigenvalue weighted by atomic mass is 32.2. The van der Waals surface area contributed by atoms with Crippen molar-refractivity contribution < 1.29 is 14.6 Å². The predicted octanol–water partition coefficient (Wildman–Crippen LogP) is 3.89. The number of thioether (sulfide) groups is 1. The number of benzene rings is 3. The second kappa shape index (κ2) is 11.3. The number of rotatable bonds is 8. The number of hydrogen-bond donors (Lipinski definition) is 2. The number of tetrazole rings is 1. The Kier molecular flexibility index (Phi) is 7.74. The minimum Gasteiger partial charge on any atom is -0.392 e. The van der Waals surface area contributed by atoms with Crippen LogP contribution in [-0.2, 0) is 29.7 Å². The molecule has 36 heavy (non-hydrogen) atoms. The molecule has 1 aliphatic heterocycles. The van der Waals surface area contributed by atoms with Gasteiger partial charge >= 0.3 is 0 Å². The fourth-order valence-corrected chi connectivity index (χ4v) is 5.38. The van der Waals surface area contributed by atoms with Crippen molar-refractivity contribution >= 4 is 11.8 Å². The molecule has 4 aromatic rings. The highest BCUT2D eigenvalue weighted by Crippen LogP contribution is 2.47. The molecule has 0 saturated carbocycles. The lowest BCUT2D eigenvalue weighted by Crippen LogP contribution is -2.38. The third-order valence-corrected chi connectivity index (χ3v) is 7.52. The van der Waals surface area contributed by atoms with Crippen molar-refractivity contribution in [1.82, 2.24) is 20.2 Å². The fraction of sp³-hybridized carbons (Fsp3) is 0.296. The van der Waals surface area contributed by atoms with Crippen molar-refractivity contribution in [3.8, 4) is 0 Å². The van der Waals surface area contributed by atoms with Crippen LogP contribution in [0.4, 0.5) is 0 Å². The predicted molar refractivity (Wildman–Crippen MR) is 137 cm³/mol. The number of aliphatic hydroxyl groups excluding tert-OH is 1. The molecule has 0 amide bonds. The van der Waals surface area contributed by atoms with Gasteiger partial charge in [0.05, 0.1) is 18.8 Å². The summed E-state index contributed by atoms with van der Waals surface area (Å²) < 4.78 is 15.0. The molecule has 0 radical (unpaired) electrons. The van der Waals surface area contributed by atoms with E-state index >= 15 is 0 Å². The number of aliphatic hydroxyl groups is 1. The minimum absolute atomic E-state index is 0.00184. The summed E-state index contributed by atoms with van der Waals surface area (Å²) in [4.78, 5) is 0. The van der Waals surface area contributed by atoms with E-state index in [-0.39, 0.29) is 24.7 Å². The van der Waals surface area contributed by atoms with Crippen molar-refractivity contribution in [3.63, 3.8) is 0 Å². The summed E-state index contributed by atoms with van der Waals surface area (Å²) in [5.74, 6) is 0.569. The summed E-state index contributed by atoms with van der Waals surface area (Å²) in [6, 6.07) is 26.3. The molecule has 3 unspecified atom stereocenters. The number of nitrogens with two attached hydrogens (primary N) is 1. The van der Waals surface area contributed by atoms with Gasteiger partial charge in [0, 0.05) is 30.8 Å². The van der Waals surface area contributed by atoms with Gasteiger partial charge < -0.3 is 20.3 Å². The summed E-state index contributed by atoms with van der Waals surface area (Å²) in [5, 5.41) is 22.1. The van der Waals surface area contributed by atoms with E-state index in [1.807, 2.05) is 73.8 Å². The molecule has 4 atom stereocenters. The van der Waals surface area contributed by atoms with Gasteiger partial charge in [-0.2, -0.15) is 0 Å². The third-order valence-electron chi connectivity index (χ3n) is 6.42. The first-order valence-corrected chi connectivity index (χ1v) is 12.8. The average Bonchev–Trinajstić information content (AvgIpc) is 3.36. The van der Waals surface area contributed by atoms with Crippen LogP contribution in [0, 0.1) is 0 Å².